The summed E-state index contributed by atoms with van der Waals surface area (Å²) < 4.78 is 13.3. The van der Waals surface area contributed by atoms with Crippen molar-refractivity contribution < 1.29 is 29.0 Å². The lowest BCUT2D eigenvalue weighted by Crippen LogP contribution is -2.53. The van der Waals surface area contributed by atoms with E-state index in [2.05, 4.69) is 4.90 Å². The summed E-state index contributed by atoms with van der Waals surface area (Å²) in [5, 5.41) is 14.8. The molecule has 2 aliphatic carbocycles. The number of fused-ring (bicyclic) bond motifs is 2. The molecule has 0 aromatic heterocycles. The fourth-order valence-electron chi connectivity index (χ4n) is 4.72. The van der Waals surface area contributed by atoms with Crippen molar-refractivity contribution in [2.75, 3.05) is 26.2 Å². The van der Waals surface area contributed by atoms with Gasteiger partial charge in [0.1, 0.15) is 5.82 Å². The number of halogens is 1. The Hall–Kier alpha value is -2.48. The Balaban J connectivity index is 0.000000330. The topological polar surface area (TPSA) is 98.1 Å². The molecule has 7 nitrogen and oxygen atoms in total. The molecule has 1 aromatic rings. The van der Waals surface area contributed by atoms with Crippen LogP contribution in [0.15, 0.2) is 24.3 Å². The minimum atomic E-state index is -1.82. The highest BCUT2D eigenvalue weighted by atomic mass is 19.1. The normalized spacial score (nSPS) is 26.5. The lowest BCUT2D eigenvalue weighted by Gasteiger charge is -2.41. The summed E-state index contributed by atoms with van der Waals surface area (Å²) in [5.41, 5.74) is 0.466. The van der Waals surface area contributed by atoms with Crippen LogP contribution in [0.3, 0.4) is 0 Å². The van der Waals surface area contributed by atoms with E-state index in [1.54, 1.807) is 12.1 Å². The molecular weight excluding hydrogens is 367 g/mol. The van der Waals surface area contributed by atoms with E-state index in [1.165, 1.54) is 37.8 Å². The summed E-state index contributed by atoms with van der Waals surface area (Å²) in [4.78, 5) is 35.1. The zero-order valence-electron chi connectivity index (χ0n) is 15.6. The predicted molar refractivity (Wildman–Crippen MR) is 98.4 cm³/mol. The summed E-state index contributed by atoms with van der Waals surface area (Å²) in [7, 11) is 0. The number of benzene rings is 1. The first-order valence-electron chi connectivity index (χ1n) is 9.60. The zero-order chi connectivity index (χ0) is 20.3. The molecule has 3 unspecified atom stereocenters. The average Bonchev–Trinajstić information content (AvgIpc) is 3.31. The van der Waals surface area contributed by atoms with Gasteiger partial charge in [0.2, 0.25) is 0 Å². The second-order valence-corrected chi connectivity index (χ2v) is 7.69. The van der Waals surface area contributed by atoms with Crippen molar-refractivity contribution in [3.05, 3.63) is 35.6 Å². The zero-order valence-corrected chi connectivity index (χ0v) is 15.6. The number of piperazine rings is 1. The molecule has 4 rings (SSSR count). The van der Waals surface area contributed by atoms with Gasteiger partial charge in [0.25, 0.3) is 5.91 Å². The summed E-state index contributed by atoms with van der Waals surface area (Å²) >= 11 is 0. The molecule has 1 amide bonds. The molecule has 1 heterocycles. The quantitative estimate of drug-likeness (QED) is 0.747. The van der Waals surface area contributed by atoms with E-state index in [1.807, 2.05) is 4.90 Å². The minimum Gasteiger partial charge on any atom is -0.473 e. The first kappa shape index (κ1) is 20.3. The van der Waals surface area contributed by atoms with Crippen LogP contribution in [0.5, 0.6) is 0 Å². The second kappa shape index (κ2) is 8.68. The number of rotatable bonds is 2. The Labute approximate surface area is 162 Å². The fraction of sp³-hybridized carbons (Fsp3) is 0.550. The number of hydrogen-bond donors (Lipinski definition) is 2. The van der Waals surface area contributed by atoms with Crippen LogP contribution < -0.4 is 0 Å². The molecule has 1 saturated heterocycles. The van der Waals surface area contributed by atoms with E-state index in [9.17, 15) is 9.18 Å². The van der Waals surface area contributed by atoms with Gasteiger partial charge in [-0.05, 0) is 49.3 Å². The molecule has 2 saturated carbocycles. The molecule has 1 aliphatic heterocycles. The van der Waals surface area contributed by atoms with Gasteiger partial charge in [-0.3, -0.25) is 9.69 Å². The highest BCUT2D eigenvalue weighted by molar-refractivity contribution is 6.27. The van der Waals surface area contributed by atoms with Crippen molar-refractivity contribution in [2.24, 2.45) is 11.8 Å². The van der Waals surface area contributed by atoms with Crippen LogP contribution in [0, 0.1) is 17.7 Å². The molecule has 152 valence electrons. The molecule has 8 heteroatoms. The molecule has 3 aliphatic rings. The van der Waals surface area contributed by atoms with Crippen LogP contribution in [0.25, 0.3) is 0 Å². The number of carboxylic acid groups (broad SMARTS) is 2. The molecule has 2 bridgehead atoms. The van der Waals surface area contributed by atoms with Gasteiger partial charge < -0.3 is 15.1 Å². The molecule has 28 heavy (non-hydrogen) atoms. The Morgan fingerprint density at radius 2 is 1.64 bits per heavy atom. The lowest BCUT2D eigenvalue weighted by atomic mass is 9.93. The molecule has 2 N–H and O–H groups in total. The number of hydrogen-bond acceptors (Lipinski definition) is 4. The van der Waals surface area contributed by atoms with Crippen molar-refractivity contribution in [3.8, 4) is 0 Å². The van der Waals surface area contributed by atoms with Crippen molar-refractivity contribution in [3.63, 3.8) is 0 Å². The minimum absolute atomic E-state index is 0.0351. The van der Waals surface area contributed by atoms with Gasteiger partial charge in [0, 0.05) is 37.8 Å². The third-order valence-electron chi connectivity index (χ3n) is 6.03. The van der Waals surface area contributed by atoms with E-state index >= 15 is 0 Å². The van der Waals surface area contributed by atoms with Crippen LogP contribution in [0.1, 0.15) is 36.0 Å². The van der Waals surface area contributed by atoms with E-state index in [0.29, 0.717) is 5.56 Å². The third kappa shape index (κ3) is 4.67. The van der Waals surface area contributed by atoms with Crippen LogP contribution in [0.2, 0.25) is 0 Å². The van der Waals surface area contributed by atoms with Gasteiger partial charge >= 0.3 is 11.9 Å². The summed E-state index contributed by atoms with van der Waals surface area (Å²) in [6, 6.07) is 6.78. The largest absolute Gasteiger partial charge is 0.473 e. The molecule has 0 spiro atoms. The maximum Gasteiger partial charge on any atom is 0.414 e. The van der Waals surface area contributed by atoms with Crippen LogP contribution >= 0.6 is 0 Å². The van der Waals surface area contributed by atoms with Crippen LogP contribution in [-0.2, 0) is 9.59 Å². The number of carbonyl (C=O) groups excluding carboxylic acids is 1. The molecule has 3 atom stereocenters. The highest BCUT2D eigenvalue weighted by Crippen LogP contribution is 2.46. The number of aliphatic carboxylic acids is 2. The van der Waals surface area contributed by atoms with Crippen molar-refractivity contribution >= 4 is 17.8 Å². The fourth-order valence-corrected chi connectivity index (χ4v) is 4.72. The third-order valence-corrected chi connectivity index (χ3v) is 6.03. The summed E-state index contributed by atoms with van der Waals surface area (Å²) in [6.07, 6.45) is 5.62. The van der Waals surface area contributed by atoms with Gasteiger partial charge in [0.05, 0.1) is 0 Å². The molecule has 0 radical (unpaired) electrons. The monoisotopic (exact) mass is 392 g/mol. The van der Waals surface area contributed by atoms with Gasteiger partial charge in [-0.15, -0.1) is 0 Å². The first-order chi connectivity index (χ1) is 13.3. The van der Waals surface area contributed by atoms with E-state index in [0.717, 1.165) is 44.1 Å². The van der Waals surface area contributed by atoms with Crippen molar-refractivity contribution in [1.29, 1.82) is 0 Å². The number of carboxylic acids is 2. The average molecular weight is 392 g/mol. The van der Waals surface area contributed by atoms with Gasteiger partial charge in [-0.1, -0.05) is 12.5 Å². The maximum atomic E-state index is 13.3. The Morgan fingerprint density at radius 1 is 0.964 bits per heavy atom. The molecular formula is C20H25FN2O5. The van der Waals surface area contributed by atoms with Crippen LogP contribution in [0.4, 0.5) is 4.39 Å². The van der Waals surface area contributed by atoms with Gasteiger partial charge in [0.15, 0.2) is 0 Å². The molecule has 1 aromatic carbocycles. The summed E-state index contributed by atoms with van der Waals surface area (Å²) in [5.74, 6) is -2.17. The molecule has 3 fully saturated rings. The van der Waals surface area contributed by atoms with Crippen molar-refractivity contribution in [1.82, 2.24) is 9.80 Å². The van der Waals surface area contributed by atoms with Gasteiger partial charge in [-0.2, -0.15) is 0 Å². The number of carbonyl (C=O) groups is 3. The van der Waals surface area contributed by atoms with E-state index in [-0.39, 0.29) is 11.7 Å². The Bertz CT molecular complexity index is 736. The van der Waals surface area contributed by atoms with Crippen LogP contribution in [-0.4, -0.2) is 70.1 Å². The van der Waals surface area contributed by atoms with Gasteiger partial charge in [-0.25, -0.2) is 14.0 Å². The second-order valence-electron chi connectivity index (χ2n) is 7.69. The lowest BCUT2D eigenvalue weighted by molar-refractivity contribution is -0.159. The van der Waals surface area contributed by atoms with E-state index < -0.39 is 11.9 Å². The highest BCUT2D eigenvalue weighted by Gasteiger charge is 2.42. The Morgan fingerprint density at radius 3 is 2.14 bits per heavy atom. The number of nitrogens with zero attached hydrogens (tertiary/aromatic N) is 2. The Kier molecular flexibility index (Phi) is 6.28. The maximum absolute atomic E-state index is 13.3. The van der Waals surface area contributed by atoms with Crippen molar-refractivity contribution in [2.45, 2.75) is 31.7 Å². The smallest absolute Gasteiger partial charge is 0.414 e. The summed E-state index contributed by atoms with van der Waals surface area (Å²) in [6.45, 7) is 3.47. The SMILES string of the molecule is O=C(O)C(=O)O.O=C(c1cccc(F)c1)N1CCN(C2CC3CCC2C3)CC1. The van der Waals surface area contributed by atoms with E-state index in [4.69, 9.17) is 19.8 Å². The standard InChI is InChI=1S/C18H23FN2O.C2H2O4/c19-16-3-1-2-15(12-16)18(22)21-8-6-20(7-9-21)17-11-13-4-5-14(17)10-13;3-1(4)2(5)6/h1-3,12-14,17H,4-11H2;(H,3,4)(H,5,6). The first-order valence-corrected chi connectivity index (χ1v) is 9.60. The number of amides is 1. The predicted octanol–water partition coefficient (Wildman–Crippen LogP) is 1.93.